The van der Waals surface area contributed by atoms with Crippen LogP contribution >= 0.6 is 0 Å². The first-order valence-electron chi connectivity index (χ1n) is 12.3. The fourth-order valence-corrected chi connectivity index (χ4v) is 4.55. The molecule has 0 radical (unpaired) electrons. The van der Waals surface area contributed by atoms with E-state index in [4.69, 9.17) is 4.74 Å². The summed E-state index contributed by atoms with van der Waals surface area (Å²) in [6.07, 6.45) is 22.2. The van der Waals surface area contributed by atoms with Crippen molar-refractivity contribution >= 4 is 10.1 Å². The van der Waals surface area contributed by atoms with E-state index in [0.29, 0.717) is 6.42 Å². The second-order valence-corrected chi connectivity index (χ2v) is 11.1. The van der Waals surface area contributed by atoms with Gasteiger partial charge in [0.25, 0.3) is 0 Å². The van der Waals surface area contributed by atoms with E-state index in [1.807, 2.05) is 0 Å². The Bertz CT molecular complexity index is 460. The third-order valence-electron chi connectivity index (χ3n) is 5.35. The Hall–Kier alpha value is 0.870. The van der Waals surface area contributed by atoms with Crippen molar-refractivity contribution in [1.82, 2.24) is 0 Å². The molecule has 1 unspecified atom stereocenters. The van der Waals surface area contributed by atoms with E-state index < -0.39 is 21.2 Å². The molecule has 6 heteroatoms. The predicted molar refractivity (Wildman–Crippen MR) is 123 cm³/mol. The molecule has 0 aliphatic carbocycles. The van der Waals surface area contributed by atoms with Crippen LogP contribution in [0.4, 0.5) is 0 Å². The van der Waals surface area contributed by atoms with Gasteiger partial charge in [0.05, 0.1) is 5.60 Å². The smallest absolute Gasteiger partial charge is 0.746 e. The normalized spacial score (nSPS) is 13.2. The first-order chi connectivity index (χ1) is 13.7. The number of rotatable bonds is 20. The van der Waals surface area contributed by atoms with Crippen LogP contribution in [0.5, 0.6) is 0 Å². The summed E-state index contributed by atoms with van der Waals surface area (Å²) in [5, 5.41) is 0. The fourth-order valence-electron chi connectivity index (χ4n) is 3.69. The zero-order valence-electron chi connectivity index (χ0n) is 20.8. The molecule has 0 heterocycles. The summed E-state index contributed by atoms with van der Waals surface area (Å²) in [6, 6.07) is 0. The number of hydrogen-bond acceptors (Lipinski definition) is 4. The number of unbranched alkanes of at least 4 members (excludes halogenated alkanes) is 16. The van der Waals surface area contributed by atoms with Gasteiger partial charge >= 0.3 is 29.6 Å². The van der Waals surface area contributed by atoms with Crippen molar-refractivity contribution < 1.29 is 47.3 Å². The van der Waals surface area contributed by atoms with Gasteiger partial charge < -0.3 is 9.29 Å². The molecule has 30 heavy (non-hydrogen) atoms. The van der Waals surface area contributed by atoms with Crippen LogP contribution in [0.3, 0.4) is 0 Å². The Morgan fingerprint density at radius 1 is 0.667 bits per heavy atom. The van der Waals surface area contributed by atoms with Crippen LogP contribution in [0.25, 0.3) is 0 Å². The molecule has 0 aromatic carbocycles. The molecule has 4 nitrogen and oxygen atoms in total. The summed E-state index contributed by atoms with van der Waals surface area (Å²) >= 11 is 0. The largest absolute Gasteiger partial charge is 1.00 e. The minimum atomic E-state index is -4.39. The van der Waals surface area contributed by atoms with E-state index >= 15 is 0 Å². The molecule has 0 saturated carbocycles. The molecule has 1 atom stereocenters. The van der Waals surface area contributed by atoms with Crippen molar-refractivity contribution in [2.24, 2.45) is 0 Å². The summed E-state index contributed by atoms with van der Waals surface area (Å²) in [6.45, 7) is 7.60. The van der Waals surface area contributed by atoms with Gasteiger partial charge in [-0.15, -0.1) is 0 Å². The number of hydrogen-bond donors (Lipinski definition) is 0. The number of ether oxygens (including phenoxy) is 1. The molecule has 0 rings (SSSR count). The molecule has 0 aromatic rings. The summed E-state index contributed by atoms with van der Waals surface area (Å²) in [5.41, 5.74) is -1.82. The molecule has 0 aromatic heterocycles. The van der Waals surface area contributed by atoms with Gasteiger partial charge in [0.1, 0.15) is 15.6 Å². The van der Waals surface area contributed by atoms with Crippen molar-refractivity contribution in [3.8, 4) is 0 Å². The molecule has 0 fully saturated rings. The van der Waals surface area contributed by atoms with Gasteiger partial charge in [-0.1, -0.05) is 110 Å². The second-order valence-electron chi connectivity index (χ2n) is 9.60. The van der Waals surface area contributed by atoms with Crippen LogP contribution in [-0.2, 0) is 14.9 Å². The molecule has 0 N–H and O–H groups in total. The molecule has 0 aliphatic heterocycles. The van der Waals surface area contributed by atoms with Gasteiger partial charge in [-0.3, -0.25) is 0 Å². The summed E-state index contributed by atoms with van der Waals surface area (Å²) < 4.78 is 39.4. The maximum absolute atomic E-state index is 11.3. The van der Waals surface area contributed by atoms with Gasteiger partial charge in [0, 0.05) is 0 Å². The van der Waals surface area contributed by atoms with Crippen molar-refractivity contribution in [3.05, 3.63) is 0 Å². The first kappa shape index (κ1) is 33.0. The Morgan fingerprint density at radius 3 is 1.23 bits per heavy atom. The molecule has 0 amide bonds. The maximum atomic E-state index is 11.3. The van der Waals surface area contributed by atoms with E-state index in [0.717, 1.165) is 19.3 Å². The van der Waals surface area contributed by atoms with Gasteiger partial charge in [0.2, 0.25) is 0 Å². The zero-order valence-corrected chi connectivity index (χ0v) is 23.7. The van der Waals surface area contributed by atoms with Gasteiger partial charge in [-0.05, 0) is 33.6 Å². The molecule has 0 aliphatic rings. The quantitative estimate of drug-likeness (QED) is 0.151. The van der Waals surface area contributed by atoms with Crippen molar-refractivity contribution in [3.63, 3.8) is 0 Å². The third kappa shape index (κ3) is 23.5. The standard InChI is InChI=1S/C24H50O4S.Na/c1-5-6-7-8-9-10-11-12-13-14-15-16-17-18-19-20-21-22-23(29(25,26)27)28-24(2,3)4;/h23H,5-22H2,1-4H3,(H,25,26,27);/q;+1/p-1. The topological polar surface area (TPSA) is 66.4 Å². The molecule has 0 spiro atoms. The van der Waals surface area contributed by atoms with Crippen molar-refractivity contribution in [1.29, 1.82) is 0 Å². The van der Waals surface area contributed by atoms with Crippen LogP contribution in [0.1, 0.15) is 143 Å². The minimum absolute atomic E-state index is 0. The zero-order chi connectivity index (χ0) is 22.0. The maximum Gasteiger partial charge on any atom is 1.00 e. The predicted octanol–water partition coefficient (Wildman–Crippen LogP) is 4.72. The van der Waals surface area contributed by atoms with Crippen LogP contribution in [0, 0.1) is 0 Å². The van der Waals surface area contributed by atoms with Crippen LogP contribution in [0.2, 0.25) is 0 Å². The van der Waals surface area contributed by atoms with Crippen LogP contribution in [0.15, 0.2) is 0 Å². The van der Waals surface area contributed by atoms with E-state index in [2.05, 4.69) is 6.92 Å². The van der Waals surface area contributed by atoms with Crippen LogP contribution < -0.4 is 29.6 Å². The monoisotopic (exact) mass is 456 g/mol. The Labute approximate surface area is 210 Å². The summed E-state index contributed by atoms with van der Waals surface area (Å²) in [7, 11) is -4.39. The molecular formula is C24H49NaO4S. The van der Waals surface area contributed by atoms with E-state index in [9.17, 15) is 13.0 Å². The Kier molecular flexibility index (Phi) is 22.6. The minimum Gasteiger partial charge on any atom is -0.746 e. The third-order valence-corrected chi connectivity index (χ3v) is 6.33. The molecule has 176 valence electrons. The van der Waals surface area contributed by atoms with E-state index in [1.54, 1.807) is 20.8 Å². The first-order valence-corrected chi connectivity index (χ1v) is 13.8. The summed E-state index contributed by atoms with van der Waals surface area (Å²) in [5.74, 6) is 0. The van der Waals surface area contributed by atoms with Gasteiger partial charge in [-0.2, -0.15) is 0 Å². The molecule has 0 saturated heterocycles. The van der Waals surface area contributed by atoms with Gasteiger partial charge in [-0.25, -0.2) is 8.42 Å². The second kappa shape index (κ2) is 20.5. The fraction of sp³-hybridized carbons (Fsp3) is 1.00. The van der Waals surface area contributed by atoms with E-state index in [1.165, 1.54) is 89.9 Å². The van der Waals surface area contributed by atoms with E-state index in [-0.39, 0.29) is 29.6 Å². The Balaban J connectivity index is 0. The molecule has 0 bridgehead atoms. The SMILES string of the molecule is CCCCCCCCCCCCCCCCCCCC(OC(C)(C)C)S(=O)(=O)[O-].[Na+]. The summed E-state index contributed by atoms with van der Waals surface area (Å²) in [4.78, 5) is 0. The molecular weight excluding hydrogens is 407 g/mol. The average Bonchev–Trinajstić information content (AvgIpc) is 2.61. The van der Waals surface area contributed by atoms with Gasteiger partial charge in [0.15, 0.2) is 0 Å². The Morgan fingerprint density at radius 2 is 0.967 bits per heavy atom. The average molecular weight is 457 g/mol. The van der Waals surface area contributed by atoms with Crippen molar-refractivity contribution in [2.45, 2.75) is 154 Å². The van der Waals surface area contributed by atoms with Crippen molar-refractivity contribution in [2.75, 3.05) is 0 Å². The van der Waals surface area contributed by atoms with Crippen LogP contribution in [-0.4, -0.2) is 24.0 Å².